The number of benzene rings is 1. The zero-order valence-corrected chi connectivity index (χ0v) is 15.9. The lowest BCUT2D eigenvalue weighted by Gasteiger charge is -2.28. The minimum absolute atomic E-state index is 0.0166. The molecule has 0 fully saturated rings. The van der Waals surface area contributed by atoms with Gasteiger partial charge >= 0.3 is 5.97 Å². The molecule has 148 valence electrons. The van der Waals surface area contributed by atoms with E-state index >= 15 is 0 Å². The second-order valence-corrected chi connectivity index (χ2v) is 7.76. The van der Waals surface area contributed by atoms with Gasteiger partial charge in [0.1, 0.15) is 11.4 Å². The van der Waals surface area contributed by atoms with E-state index in [1.807, 2.05) is 0 Å². The van der Waals surface area contributed by atoms with Crippen molar-refractivity contribution in [3.63, 3.8) is 0 Å². The van der Waals surface area contributed by atoms with Crippen LogP contribution in [0.2, 0.25) is 0 Å². The van der Waals surface area contributed by atoms with Gasteiger partial charge in [-0.1, -0.05) is 0 Å². The summed E-state index contributed by atoms with van der Waals surface area (Å²) in [5.41, 5.74) is 0.432. The molecule has 0 radical (unpaired) electrons. The number of nitrogens with zero attached hydrogens (tertiary/aromatic N) is 3. The minimum atomic E-state index is -3.65. The van der Waals surface area contributed by atoms with Crippen LogP contribution in [0.4, 0.5) is 10.1 Å². The Morgan fingerprint density at radius 3 is 2.68 bits per heavy atom. The van der Waals surface area contributed by atoms with Crippen molar-refractivity contribution in [3.05, 3.63) is 54.0 Å². The summed E-state index contributed by atoms with van der Waals surface area (Å²) in [6, 6.07) is 5.36. The fourth-order valence-electron chi connectivity index (χ4n) is 2.78. The van der Waals surface area contributed by atoms with Crippen molar-refractivity contribution < 1.29 is 27.1 Å². The number of allylic oxidation sites excluding steroid dienone is 2. The molecular weight excluding hydrogens is 389 g/mol. The molecule has 10 heteroatoms. The molecule has 1 aromatic rings. The number of amidine groups is 1. The number of rotatable bonds is 5. The summed E-state index contributed by atoms with van der Waals surface area (Å²) in [5.74, 6) is -1.94. The van der Waals surface area contributed by atoms with Gasteiger partial charge in [0.2, 0.25) is 0 Å². The summed E-state index contributed by atoms with van der Waals surface area (Å²) >= 11 is 0. The summed E-state index contributed by atoms with van der Waals surface area (Å²) in [5, 5.41) is 0. The largest absolute Gasteiger partial charge is 0.452 e. The molecule has 0 atom stereocenters. The number of fused-ring (bicyclic) bond motifs is 1. The Morgan fingerprint density at radius 1 is 1.29 bits per heavy atom. The number of hydrogen-bond donors (Lipinski definition) is 0. The van der Waals surface area contributed by atoms with Gasteiger partial charge in [0.15, 0.2) is 12.4 Å². The fraction of sp³-hybridized carbons (Fsp3) is 0.278. The monoisotopic (exact) mass is 407 g/mol. The van der Waals surface area contributed by atoms with Crippen LogP contribution in [-0.2, 0) is 24.3 Å². The molecule has 2 aliphatic rings. The van der Waals surface area contributed by atoms with E-state index in [4.69, 9.17) is 4.74 Å². The maximum absolute atomic E-state index is 13.1. The zero-order valence-electron chi connectivity index (χ0n) is 15.0. The van der Waals surface area contributed by atoms with Crippen molar-refractivity contribution in [2.75, 3.05) is 30.3 Å². The van der Waals surface area contributed by atoms with Crippen molar-refractivity contribution in [1.82, 2.24) is 4.90 Å². The molecule has 0 aliphatic carbocycles. The first kappa shape index (κ1) is 19.7. The summed E-state index contributed by atoms with van der Waals surface area (Å²) in [7, 11) is -3.65. The van der Waals surface area contributed by atoms with Gasteiger partial charge in [0.25, 0.3) is 15.9 Å². The van der Waals surface area contributed by atoms with Crippen LogP contribution in [0, 0.1) is 5.82 Å². The maximum Gasteiger partial charge on any atom is 0.342 e. The van der Waals surface area contributed by atoms with Gasteiger partial charge in [-0.2, -0.15) is 0 Å². The number of esters is 1. The Balaban J connectivity index is 1.70. The topological polar surface area (TPSA) is 96.4 Å². The highest BCUT2D eigenvalue weighted by atomic mass is 32.2. The third-order valence-electron chi connectivity index (χ3n) is 4.16. The highest BCUT2D eigenvalue weighted by molar-refractivity contribution is 7.90. The first-order valence-corrected chi connectivity index (χ1v) is 10.1. The Kier molecular flexibility index (Phi) is 5.59. The molecule has 0 saturated heterocycles. The molecule has 28 heavy (non-hydrogen) atoms. The average molecular weight is 407 g/mol. The molecule has 2 heterocycles. The van der Waals surface area contributed by atoms with Crippen molar-refractivity contribution in [1.29, 1.82) is 0 Å². The number of ether oxygens (including phenoxy) is 1. The fourth-order valence-corrected chi connectivity index (χ4v) is 3.77. The van der Waals surface area contributed by atoms with Gasteiger partial charge in [0, 0.05) is 25.0 Å². The van der Waals surface area contributed by atoms with E-state index in [-0.39, 0.29) is 23.7 Å². The van der Waals surface area contributed by atoms with Crippen molar-refractivity contribution >= 4 is 33.4 Å². The summed E-state index contributed by atoms with van der Waals surface area (Å²) < 4.78 is 45.3. The standard InChI is InChI=1S/C18H18FN3O5S/c1-2-22(14-7-5-13(19)6-8-14)16(23)12-27-18(24)15-4-3-9-21-10-11-28(25,26)20-17(15)21/h3-9H,2,10-12H2,1H3. The van der Waals surface area contributed by atoms with Crippen LogP contribution >= 0.6 is 0 Å². The third-order valence-corrected chi connectivity index (χ3v) is 5.31. The van der Waals surface area contributed by atoms with E-state index in [9.17, 15) is 22.4 Å². The SMILES string of the molecule is CCN(C(=O)COC(=O)C1=CC=CN2CCS(=O)(=O)N=C12)c1ccc(F)cc1. The van der Waals surface area contributed by atoms with Gasteiger partial charge in [-0.3, -0.25) is 4.79 Å². The summed E-state index contributed by atoms with van der Waals surface area (Å²) in [4.78, 5) is 27.7. The molecule has 3 rings (SSSR count). The number of halogens is 1. The predicted octanol–water partition coefficient (Wildman–Crippen LogP) is 1.22. The number of sulfonamides is 1. The molecule has 2 aliphatic heterocycles. The molecule has 0 unspecified atom stereocenters. The van der Waals surface area contributed by atoms with Gasteiger partial charge < -0.3 is 14.5 Å². The number of likely N-dealkylation sites (N-methyl/N-ethyl adjacent to an activating group) is 1. The average Bonchev–Trinajstić information content (AvgIpc) is 2.67. The molecule has 0 N–H and O–H groups in total. The Bertz CT molecular complexity index is 983. The summed E-state index contributed by atoms with van der Waals surface area (Å²) in [6.07, 6.45) is 4.58. The predicted molar refractivity (Wildman–Crippen MR) is 101 cm³/mol. The van der Waals surface area contributed by atoms with Crippen LogP contribution in [-0.4, -0.2) is 56.5 Å². The van der Waals surface area contributed by atoms with Crippen LogP contribution in [0.1, 0.15) is 6.92 Å². The van der Waals surface area contributed by atoms with Crippen molar-refractivity contribution in [3.8, 4) is 0 Å². The number of carbonyl (C=O) groups excluding carboxylic acids is 2. The Labute approximate surface area is 161 Å². The lowest BCUT2D eigenvalue weighted by Crippen LogP contribution is -2.41. The first-order valence-electron chi connectivity index (χ1n) is 8.52. The van der Waals surface area contributed by atoms with Gasteiger partial charge in [0.05, 0.1) is 5.75 Å². The number of anilines is 1. The van der Waals surface area contributed by atoms with Gasteiger partial charge in [-0.25, -0.2) is 17.6 Å². The number of carbonyl (C=O) groups is 2. The second kappa shape index (κ2) is 7.93. The number of amides is 1. The van der Waals surface area contributed by atoms with Gasteiger partial charge in [-0.05, 0) is 43.3 Å². The molecule has 0 saturated carbocycles. The van der Waals surface area contributed by atoms with E-state index in [1.54, 1.807) is 19.2 Å². The molecule has 0 spiro atoms. The van der Waals surface area contributed by atoms with Crippen LogP contribution in [0.3, 0.4) is 0 Å². The van der Waals surface area contributed by atoms with Crippen LogP contribution in [0.25, 0.3) is 0 Å². The quantitative estimate of drug-likeness (QED) is 0.681. The van der Waals surface area contributed by atoms with Crippen molar-refractivity contribution in [2.24, 2.45) is 4.40 Å². The smallest absolute Gasteiger partial charge is 0.342 e. The van der Waals surface area contributed by atoms with E-state index in [0.717, 1.165) is 0 Å². The van der Waals surface area contributed by atoms with Crippen LogP contribution < -0.4 is 4.90 Å². The van der Waals surface area contributed by atoms with Gasteiger partial charge in [-0.15, -0.1) is 4.40 Å². The lowest BCUT2D eigenvalue weighted by atomic mass is 10.1. The second-order valence-electron chi connectivity index (χ2n) is 6.01. The highest BCUT2D eigenvalue weighted by Gasteiger charge is 2.31. The maximum atomic E-state index is 13.1. The third kappa shape index (κ3) is 4.28. The highest BCUT2D eigenvalue weighted by Crippen LogP contribution is 2.19. The molecule has 0 aromatic heterocycles. The Hall–Kier alpha value is -3.01. The first-order chi connectivity index (χ1) is 13.3. The minimum Gasteiger partial charge on any atom is -0.452 e. The molecule has 0 bridgehead atoms. The van der Waals surface area contributed by atoms with Crippen LogP contribution in [0.15, 0.2) is 52.6 Å². The zero-order chi connectivity index (χ0) is 20.3. The summed E-state index contributed by atoms with van der Waals surface area (Å²) in [6.45, 7) is 1.66. The van der Waals surface area contributed by atoms with E-state index in [0.29, 0.717) is 12.2 Å². The molecule has 1 aromatic carbocycles. The Morgan fingerprint density at radius 2 is 2.00 bits per heavy atom. The van der Waals surface area contributed by atoms with E-state index in [1.165, 1.54) is 40.1 Å². The molecule has 8 nitrogen and oxygen atoms in total. The number of hydrogen-bond acceptors (Lipinski definition) is 6. The van der Waals surface area contributed by atoms with E-state index < -0.39 is 34.3 Å². The lowest BCUT2D eigenvalue weighted by molar-refractivity contribution is -0.143. The molecular formula is C18H18FN3O5S. The van der Waals surface area contributed by atoms with Crippen LogP contribution in [0.5, 0.6) is 0 Å². The normalized spacial score (nSPS) is 17.3. The molecule has 1 amide bonds. The van der Waals surface area contributed by atoms with Crippen molar-refractivity contribution in [2.45, 2.75) is 6.92 Å². The van der Waals surface area contributed by atoms with E-state index in [2.05, 4.69) is 4.40 Å².